The third-order valence-corrected chi connectivity index (χ3v) is 5.36. The Hall–Kier alpha value is -2.15. The van der Waals surface area contributed by atoms with Gasteiger partial charge in [-0.3, -0.25) is 9.59 Å². The van der Waals surface area contributed by atoms with E-state index in [1.165, 1.54) is 0 Å². The fourth-order valence-electron chi connectivity index (χ4n) is 2.99. The van der Waals surface area contributed by atoms with Crippen LogP contribution in [0.1, 0.15) is 32.2 Å². The topological polar surface area (TPSA) is 66.7 Å². The van der Waals surface area contributed by atoms with E-state index < -0.39 is 0 Å². The van der Waals surface area contributed by atoms with Gasteiger partial charge in [0.1, 0.15) is 5.76 Å². The monoisotopic (exact) mass is 375 g/mol. The van der Waals surface area contributed by atoms with Crippen LogP contribution in [-0.2, 0) is 16.0 Å². The predicted octanol–water partition coefficient (Wildman–Crippen LogP) is 2.97. The molecular weight excluding hydrogens is 350 g/mol. The highest BCUT2D eigenvalue weighted by atomic mass is 32.1. The van der Waals surface area contributed by atoms with Crippen molar-refractivity contribution < 1.29 is 14.0 Å². The zero-order valence-electron chi connectivity index (χ0n) is 15.7. The Bertz CT molecular complexity index is 782. The number of aromatic nitrogens is 1. The van der Waals surface area contributed by atoms with Crippen molar-refractivity contribution in [1.29, 1.82) is 0 Å². The SMILES string of the molecule is Cc1oc(-c2cccs2)nc1CC(=O)N1CCN(C(=O)C(C)(C)C)CC1. The van der Waals surface area contributed by atoms with E-state index in [0.717, 1.165) is 4.88 Å². The van der Waals surface area contributed by atoms with Gasteiger partial charge in [0.05, 0.1) is 17.0 Å². The van der Waals surface area contributed by atoms with E-state index in [9.17, 15) is 9.59 Å². The van der Waals surface area contributed by atoms with Crippen molar-refractivity contribution in [2.75, 3.05) is 26.2 Å². The highest BCUT2D eigenvalue weighted by Crippen LogP contribution is 2.26. The van der Waals surface area contributed by atoms with E-state index in [0.29, 0.717) is 43.5 Å². The van der Waals surface area contributed by atoms with Crippen molar-refractivity contribution in [3.63, 3.8) is 0 Å². The number of rotatable bonds is 3. The van der Waals surface area contributed by atoms with Crippen molar-refractivity contribution in [2.24, 2.45) is 5.41 Å². The Kier molecular flexibility index (Phi) is 5.18. The largest absolute Gasteiger partial charge is 0.440 e. The first-order chi connectivity index (χ1) is 12.3. The zero-order valence-corrected chi connectivity index (χ0v) is 16.6. The highest BCUT2D eigenvalue weighted by molar-refractivity contribution is 7.13. The van der Waals surface area contributed by atoms with Crippen LogP contribution in [0.3, 0.4) is 0 Å². The molecule has 1 fully saturated rings. The number of piperazine rings is 1. The van der Waals surface area contributed by atoms with Crippen LogP contribution in [0.15, 0.2) is 21.9 Å². The number of hydrogen-bond acceptors (Lipinski definition) is 5. The van der Waals surface area contributed by atoms with E-state index in [1.54, 1.807) is 11.3 Å². The number of nitrogens with zero attached hydrogens (tertiary/aromatic N) is 3. The molecule has 0 radical (unpaired) electrons. The van der Waals surface area contributed by atoms with Gasteiger partial charge in [-0.2, -0.15) is 0 Å². The molecule has 3 heterocycles. The third kappa shape index (κ3) is 3.98. The molecular formula is C19H25N3O3S. The summed E-state index contributed by atoms with van der Waals surface area (Å²) in [6.07, 6.45) is 0.230. The van der Waals surface area contributed by atoms with Crippen molar-refractivity contribution >= 4 is 23.2 Å². The van der Waals surface area contributed by atoms with Gasteiger partial charge in [0.15, 0.2) is 0 Å². The maximum Gasteiger partial charge on any atom is 0.236 e. The minimum Gasteiger partial charge on any atom is -0.440 e. The smallest absolute Gasteiger partial charge is 0.236 e. The Morgan fingerprint density at radius 3 is 2.42 bits per heavy atom. The minimum absolute atomic E-state index is 0.0296. The summed E-state index contributed by atoms with van der Waals surface area (Å²) < 4.78 is 5.71. The Morgan fingerprint density at radius 1 is 1.19 bits per heavy atom. The van der Waals surface area contributed by atoms with E-state index in [2.05, 4.69) is 4.98 Å². The summed E-state index contributed by atoms with van der Waals surface area (Å²) >= 11 is 1.56. The molecule has 0 atom stereocenters. The van der Waals surface area contributed by atoms with Crippen molar-refractivity contribution in [2.45, 2.75) is 34.1 Å². The number of hydrogen-bond donors (Lipinski definition) is 0. The number of aryl methyl sites for hydroxylation is 1. The van der Waals surface area contributed by atoms with Gasteiger partial charge in [-0.1, -0.05) is 26.8 Å². The average Bonchev–Trinajstić information content (AvgIpc) is 3.24. The lowest BCUT2D eigenvalue weighted by Crippen LogP contribution is -2.53. The van der Waals surface area contributed by atoms with Gasteiger partial charge in [0.2, 0.25) is 17.7 Å². The van der Waals surface area contributed by atoms with Crippen LogP contribution in [0.4, 0.5) is 0 Å². The van der Waals surface area contributed by atoms with Gasteiger partial charge in [-0.15, -0.1) is 11.3 Å². The normalized spacial score (nSPS) is 15.4. The summed E-state index contributed by atoms with van der Waals surface area (Å²) in [7, 11) is 0. The van der Waals surface area contributed by atoms with Crippen molar-refractivity contribution in [3.8, 4) is 10.8 Å². The maximum atomic E-state index is 12.6. The highest BCUT2D eigenvalue weighted by Gasteiger charge is 2.31. The summed E-state index contributed by atoms with van der Waals surface area (Å²) in [4.78, 5) is 34.1. The lowest BCUT2D eigenvalue weighted by Gasteiger charge is -2.37. The molecule has 2 aromatic rings. The summed E-state index contributed by atoms with van der Waals surface area (Å²) in [6, 6.07) is 3.90. The molecule has 6 nitrogen and oxygen atoms in total. The molecule has 0 spiro atoms. The van der Waals surface area contributed by atoms with Crippen LogP contribution in [0.25, 0.3) is 10.8 Å². The number of thiophene rings is 1. The fourth-order valence-corrected chi connectivity index (χ4v) is 3.64. The average molecular weight is 375 g/mol. The molecule has 0 unspecified atom stereocenters. The third-order valence-electron chi connectivity index (χ3n) is 4.50. The summed E-state index contributed by atoms with van der Waals surface area (Å²) in [5, 5.41) is 1.97. The molecule has 26 heavy (non-hydrogen) atoms. The van der Waals surface area contributed by atoms with Gasteiger partial charge in [0, 0.05) is 31.6 Å². The minimum atomic E-state index is -0.387. The van der Waals surface area contributed by atoms with Gasteiger partial charge in [0.25, 0.3) is 0 Å². The second-order valence-corrected chi connectivity index (χ2v) is 8.55. The van der Waals surface area contributed by atoms with E-state index in [1.807, 2.05) is 55.0 Å². The number of oxazole rings is 1. The summed E-state index contributed by atoms with van der Waals surface area (Å²) in [5.74, 6) is 1.42. The predicted molar refractivity (Wildman–Crippen MR) is 101 cm³/mol. The van der Waals surface area contributed by atoms with Gasteiger partial charge in [-0.05, 0) is 18.4 Å². The Labute approximate surface area is 157 Å². The van der Waals surface area contributed by atoms with Crippen molar-refractivity contribution in [1.82, 2.24) is 14.8 Å². The van der Waals surface area contributed by atoms with Crippen LogP contribution in [-0.4, -0.2) is 52.8 Å². The number of amides is 2. The first-order valence-electron chi connectivity index (χ1n) is 8.83. The first-order valence-corrected chi connectivity index (χ1v) is 9.71. The molecule has 2 aromatic heterocycles. The first kappa shape index (κ1) is 18.6. The Balaban J connectivity index is 1.59. The fraction of sp³-hybridized carbons (Fsp3) is 0.526. The lowest BCUT2D eigenvalue weighted by atomic mass is 9.94. The molecule has 1 saturated heterocycles. The van der Waals surface area contributed by atoms with Gasteiger partial charge in [-0.25, -0.2) is 4.98 Å². The van der Waals surface area contributed by atoms with Crippen LogP contribution >= 0.6 is 11.3 Å². The molecule has 2 amide bonds. The van der Waals surface area contributed by atoms with Crippen LogP contribution in [0.5, 0.6) is 0 Å². The van der Waals surface area contributed by atoms with Crippen LogP contribution in [0.2, 0.25) is 0 Å². The number of carbonyl (C=O) groups is 2. The van der Waals surface area contributed by atoms with Gasteiger partial charge < -0.3 is 14.2 Å². The van der Waals surface area contributed by atoms with Crippen molar-refractivity contribution in [3.05, 3.63) is 29.0 Å². The molecule has 7 heteroatoms. The molecule has 0 aromatic carbocycles. The summed E-state index contributed by atoms with van der Waals surface area (Å²) in [6.45, 7) is 9.90. The summed E-state index contributed by atoms with van der Waals surface area (Å²) in [5.41, 5.74) is 0.300. The second kappa shape index (κ2) is 7.23. The number of carbonyl (C=O) groups excluding carboxylic acids is 2. The quantitative estimate of drug-likeness (QED) is 0.827. The van der Waals surface area contributed by atoms with E-state index >= 15 is 0 Å². The zero-order chi connectivity index (χ0) is 18.9. The van der Waals surface area contributed by atoms with E-state index in [4.69, 9.17) is 4.42 Å². The lowest BCUT2D eigenvalue weighted by molar-refractivity contribution is -0.144. The molecule has 0 saturated carbocycles. The molecule has 0 aliphatic carbocycles. The molecule has 1 aliphatic heterocycles. The van der Waals surface area contributed by atoms with Crippen LogP contribution < -0.4 is 0 Å². The second-order valence-electron chi connectivity index (χ2n) is 7.60. The molecule has 0 N–H and O–H groups in total. The molecule has 140 valence electrons. The molecule has 1 aliphatic rings. The Morgan fingerprint density at radius 2 is 1.85 bits per heavy atom. The molecule has 0 bridgehead atoms. The van der Waals surface area contributed by atoms with Crippen LogP contribution in [0, 0.1) is 12.3 Å². The maximum absolute atomic E-state index is 12.6. The molecule has 3 rings (SSSR count). The van der Waals surface area contributed by atoms with Gasteiger partial charge >= 0.3 is 0 Å². The van der Waals surface area contributed by atoms with E-state index in [-0.39, 0.29) is 23.7 Å². The standard InChI is InChI=1S/C19H25N3O3S/c1-13-14(20-17(25-13)15-6-5-11-26-15)12-16(23)21-7-9-22(10-8-21)18(24)19(2,3)4/h5-6,11H,7-10,12H2,1-4H3.